The number of hydrogen-bond acceptors (Lipinski definition) is 1. The fourth-order valence-corrected chi connectivity index (χ4v) is 1.39. The first-order valence-electron chi connectivity index (χ1n) is 4.65. The van der Waals surface area contributed by atoms with Gasteiger partial charge < -0.3 is 4.42 Å². The van der Waals surface area contributed by atoms with Crippen LogP contribution in [-0.4, -0.2) is 0 Å². The number of hydrogen-bond donors (Lipinski definition) is 0. The zero-order valence-electron chi connectivity index (χ0n) is 7.94. The van der Waals surface area contributed by atoms with E-state index in [2.05, 4.69) is 24.8 Å². The average Bonchev–Trinajstić information content (AvgIpc) is 2.65. The Kier molecular flexibility index (Phi) is 2.50. The smallest absolute Gasteiger partial charge is 0.133 e. The van der Waals surface area contributed by atoms with Crippen LogP contribution in [0.25, 0.3) is 17.0 Å². The Morgan fingerprint density at radius 2 is 2.21 bits per heavy atom. The van der Waals surface area contributed by atoms with Crippen molar-refractivity contribution in [2.75, 3.05) is 0 Å². The van der Waals surface area contributed by atoms with Crippen LogP contribution in [0.4, 0.5) is 0 Å². The molecule has 2 aromatic rings. The van der Waals surface area contributed by atoms with Gasteiger partial charge >= 0.3 is 0 Å². The molecule has 1 nitrogen and oxygen atoms in total. The number of rotatable bonds is 3. The molecule has 1 heterocycles. The minimum atomic E-state index is 0.906. The van der Waals surface area contributed by atoms with Crippen LogP contribution < -0.4 is 0 Å². The van der Waals surface area contributed by atoms with E-state index in [1.807, 2.05) is 24.3 Å². The summed E-state index contributed by atoms with van der Waals surface area (Å²) in [4.78, 5) is 0. The van der Waals surface area contributed by atoms with Crippen molar-refractivity contribution in [2.45, 2.75) is 6.42 Å². The molecule has 0 spiro atoms. The van der Waals surface area contributed by atoms with Gasteiger partial charge in [0.2, 0.25) is 0 Å². The molecule has 0 saturated heterocycles. The molecule has 0 atom stereocenters. The lowest BCUT2D eigenvalue weighted by Crippen LogP contribution is -1.70. The van der Waals surface area contributed by atoms with Gasteiger partial charge in [0, 0.05) is 5.39 Å². The molecule has 1 aromatic heterocycles. The van der Waals surface area contributed by atoms with E-state index >= 15 is 0 Å². The summed E-state index contributed by atoms with van der Waals surface area (Å²) in [7, 11) is 0. The van der Waals surface area contributed by atoms with E-state index in [4.69, 9.17) is 4.42 Å². The SMILES string of the molecule is C=CC/C=C/c1ccc2occc2c1. The maximum atomic E-state index is 5.26. The van der Waals surface area contributed by atoms with Crippen molar-refractivity contribution in [3.05, 3.63) is 54.8 Å². The van der Waals surface area contributed by atoms with Gasteiger partial charge in [0.25, 0.3) is 0 Å². The summed E-state index contributed by atoms with van der Waals surface area (Å²) < 4.78 is 5.26. The summed E-state index contributed by atoms with van der Waals surface area (Å²) >= 11 is 0. The van der Waals surface area contributed by atoms with Crippen molar-refractivity contribution in [1.29, 1.82) is 0 Å². The predicted molar refractivity (Wildman–Crippen MR) is 60.1 cm³/mol. The Morgan fingerprint density at radius 3 is 3.07 bits per heavy atom. The minimum Gasteiger partial charge on any atom is -0.464 e. The number of furan rings is 1. The van der Waals surface area contributed by atoms with E-state index in [1.165, 1.54) is 5.56 Å². The Bertz CT molecular complexity index is 463. The van der Waals surface area contributed by atoms with Crippen molar-refractivity contribution >= 4 is 17.0 Å². The largest absolute Gasteiger partial charge is 0.464 e. The molecule has 0 aliphatic heterocycles. The predicted octanol–water partition coefficient (Wildman–Crippen LogP) is 4.02. The standard InChI is InChI=1S/C13H12O/c1-2-3-4-5-11-6-7-13-12(10-11)8-9-14-13/h2,4-10H,1,3H2/b5-4+. The molecule has 0 fully saturated rings. The van der Waals surface area contributed by atoms with Gasteiger partial charge in [-0.3, -0.25) is 0 Å². The van der Waals surface area contributed by atoms with E-state index in [-0.39, 0.29) is 0 Å². The van der Waals surface area contributed by atoms with E-state index in [0.717, 1.165) is 17.4 Å². The first kappa shape index (κ1) is 8.82. The fourth-order valence-electron chi connectivity index (χ4n) is 1.39. The fraction of sp³-hybridized carbons (Fsp3) is 0.0769. The molecule has 0 radical (unpaired) electrons. The average molecular weight is 184 g/mol. The van der Waals surface area contributed by atoms with Crippen LogP contribution in [0.2, 0.25) is 0 Å². The zero-order chi connectivity index (χ0) is 9.80. The molecule has 0 bridgehead atoms. The van der Waals surface area contributed by atoms with Crippen LogP contribution in [0, 0.1) is 0 Å². The highest BCUT2D eigenvalue weighted by Crippen LogP contribution is 2.17. The molecule has 0 aliphatic rings. The Balaban J connectivity index is 2.29. The summed E-state index contributed by atoms with van der Waals surface area (Å²) in [6.07, 6.45) is 8.68. The molecule has 0 saturated carbocycles. The Hall–Kier alpha value is -1.76. The second kappa shape index (κ2) is 3.97. The molecule has 70 valence electrons. The third-order valence-electron chi connectivity index (χ3n) is 2.09. The van der Waals surface area contributed by atoms with Gasteiger partial charge in [-0.2, -0.15) is 0 Å². The third-order valence-corrected chi connectivity index (χ3v) is 2.09. The number of benzene rings is 1. The van der Waals surface area contributed by atoms with Gasteiger partial charge in [0.15, 0.2) is 0 Å². The van der Waals surface area contributed by atoms with Crippen LogP contribution in [0.3, 0.4) is 0 Å². The Labute approximate surface area is 83.4 Å². The summed E-state index contributed by atoms with van der Waals surface area (Å²) in [6.45, 7) is 3.67. The lowest BCUT2D eigenvalue weighted by atomic mass is 10.1. The molecule has 1 heteroatoms. The van der Waals surface area contributed by atoms with Crippen LogP contribution in [0.15, 0.2) is 53.7 Å². The van der Waals surface area contributed by atoms with Crippen molar-refractivity contribution < 1.29 is 4.42 Å². The molecule has 0 unspecified atom stereocenters. The van der Waals surface area contributed by atoms with Gasteiger partial charge in [0.05, 0.1) is 6.26 Å². The maximum Gasteiger partial charge on any atom is 0.133 e. The second-order valence-corrected chi connectivity index (χ2v) is 3.14. The second-order valence-electron chi connectivity index (χ2n) is 3.14. The highest BCUT2D eigenvalue weighted by molar-refractivity contribution is 5.79. The first-order valence-corrected chi connectivity index (χ1v) is 4.65. The van der Waals surface area contributed by atoms with Crippen molar-refractivity contribution in [3.8, 4) is 0 Å². The quantitative estimate of drug-likeness (QED) is 0.656. The van der Waals surface area contributed by atoms with Gasteiger partial charge in [0.1, 0.15) is 5.58 Å². The van der Waals surface area contributed by atoms with Crippen LogP contribution in [0.1, 0.15) is 12.0 Å². The monoisotopic (exact) mass is 184 g/mol. The summed E-state index contributed by atoms with van der Waals surface area (Å²) in [5.74, 6) is 0. The van der Waals surface area contributed by atoms with Crippen LogP contribution in [-0.2, 0) is 0 Å². The van der Waals surface area contributed by atoms with E-state index in [9.17, 15) is 0 Å². The zero-order valence-corrected chi connectivity index (χ0v) is 7.94. The summed E-state index contributed by atoms with van der Waals surface area (Å²) in [6, 6.07) is 8.12. The van der Waals surface area contributed by atoms with Crippen LogP contribution >= 0.6 is 0 Å². The van der Waals surface area contributed by atoms with E-state index < -0.39 is 0 Å². The molecule has 0 amide bonds. The maximum absolute atomic E-state index is 5.26. The third kappa shape index (κ3) is 1.77. The number of allylic oxidation sites excluding steroid dienone is 2. The normalized spacial score (nSPS) is 11.1. The van der Waals surface area contributed by atoms with E-state index in [1.54, 1.807) is 6.26 Å². The van der Waals surface area contributed by atoms with E-state index in [0.29, 0.717) is 0 Å². The summed E-state index contributed by atoms with van der Waals surface area (Å²) in [5, 5.41) is 1.14. The van der Waals surface area contributed by atoms with Crippen molar-refractivity contribution in [3.63, 3.8) is 0 Å². The highest BCUT2D eigenvalue weighted by atomic mass is 16.3. The van der Waals surface area contributed by atoms with Crippen molar-refractivity contribution in [2.24, 2.45) is 0 Å². The molecule has 2 rings (SSSR count). The highest BCUT2D eigenvalue weighted by Gasteiger charge is 1.95. The van der Waals surface area contributed by atoms with Gasteiger partial charge in [-0.1, -0.05) is 24.3 Å². The molecular weight excluding hydrogens is 172 g/mol. The molecule has 14 heavy (non-hydrogen) atoms. The van der Waals surface area contributed by atoms with Gasteiger partial charge in [-0.25, -0.2) is 0 Å². The molecular formula is C13H12O. The topological polar surface area (TPSA) is 13.1 Å². The van der Waals surface area contributed by atoms with Gasteiger partial charge in [-0.05, 0) is 30.2 Å². The van der Waals surface area contributed by atoms with Crippen molar-refractivity contribution in [1.82, 2.24) is 0 Å². The lowest BCUT2D eigenvalue weighted by Gasteiger charge is -1.92. The number of fused-ring (bicyclic) bond motifs is 1. The molecule has 0 aliphatic carbocycles. The first-order chi connectivity index (χ1) is 6.90. The molecule has 0 N–H and O–H groups in total. The Morgan fingerprint density at radius 1 is 1.29 bits per heavy atom. The minimum absolute atomic E-state index is 0.906. The summed E-state index contributed by atoms with van der Waals surface area (Å²) in [5.41, 5.74) is 2.13. The lowest BCUT2D eigenvalue weighted by molar-refractivity contribution is 0.616. The van der Waals surface area contributed by atoms with Crippen LogP contribution in [0.5, 0.6) is 0 Å². The molecule has 1 aromatic carbocycles. The van der Waals surface area contributed by atoms with Gasteiger partial charge in [-0.15, -0.1) is 6.58 Å².